The fourth-order valence-electron chi connectivity index (χ4n) is 5.26. The number of alkyl halides is 3. The van der Waals surface area contributed by atoms with Crippen molar-refractivity contribution in [1.29, 1.82) is 5.26 Å². The van der Waals surface area contributed by atoms with Crippen molar-refractivity contribution >= 4 is 23.3 Å². The van der Waals surface area contributed by atoms with Gasteiger partial charge in [0.2, 0.25) is 5.91 Å². The molecule has 2 aliphatic rings. The number of piperidine rings is 1. The molecular formula is C26H28F3N5O2. The van der Waals surface area contributed by atoms with Gasteiger partial charge in [-0.1, -0.05) is 17.7 Å². The average molecular weight is 500 g/mol. The molecule has 7 nitrogen and oxygen atoms in total. The van der Waals surface area contributed by atoms with Crippen LogP contribution in [0.4, 0.5) is 29.3 Å². The van der Waals surface area contributed by atoms with Gasteiger partial charge in [-0.25, -0.2) is 4.79 Å². The van der Waals surface area contributed by atoms with E-state index in [1.54, 1.807) is 22.9 Å². The number of halogens is 3. The number of rotatable bonds is 3. The Morgan fingerprint density at radius 2 is 1.78 bits per heavy atom. The number of anilines is 2. The second-order valence-corrected chi connectivity index (χ2v) is 9.53. The highest BCUT2D eigenvalue weighted by atomic mass is 19.4. The van der Waals surface area contributed by atoms with Crippen LogP contribution in [-0.4, -0.2) is 50.1 Å². The summed E-state index contributed by atoms with van der Waals surface area (Å²) < 4.78 is 40.6. The third-order valence-electron chi connectivity index (χ3n) is 7.35. The van der Waals surface area contributed by atoms with Crippen molar-refractivity contribution in [3.63, 3.8) is 0 Å². The number of urea groups is 1. The number of aryl methyl sites for hydroxylation is 1. The first-order chi connectivity index (χ1) is 17.1. The lowest BCUT2D eigenvalue weighted by Gasteiger charge is -2.41. The maximum atomic E-state index is 13.5. The summed E-state index contributed by atoms with van der Waals surface area (Å²) >= 11 is 0. The Kier molecular flexibility index (Phi) is 6.85. The quantitative estimate of drug-likeness (QED) is 0.656. The van der Waals surface area contributed by atoms with Gasteiger partial charge in [-0.2, -0.15) is 18.4 Å². The van der Waals surface area contributed by atoms with Crippen LogP contribution in [0, 0.1) is 29.6 Å². The molecule has 2 heterocycles. The Morgan fingerprint density at radius 3 is 2.36 bits per heavy atom. The zero-order valence-corrected chi connectivity index (χ0v) is 20.2. The molecule has 0 saturated carbocycles. The normalized spacial score (nSPS) is 19.2. The molecule has 2 fully saturated rings. The van der Waals surface area contributed by atoms with Crippen molar-refractivity contribution < 1.29 is 22.8 Å². The van der Waals surface area contributed by atoms with Crippen LogP contribution in [-0.2, 0) is 11.0 Å². The number of amides is 3. The van der Waals surface area contributed by atoms with E-state index in [-0.39, 0.29) is 18.5 Å². The SMILES string of the molecule is CNC(=O)C1CN(c2ccc(C#N)c(C(F)(F)F)c2)CC12CCN(C(=O)Nc1ccc(C)cc1)CC2. The first-order valence-electron chi connectivity index (χ1n) is 11.8. The van der Waals surface area contributed by atoms with Crippen molar-refractivity contribution in [2.45, 2.75) is 25.9 Å². The monoisotopic (exact) mass is 499 g/mol. The van der Waals surface area contributed by atoms with Gasteiger partial charge < -0.3 is 20.4 Å². The number of likely N-dealkylation sites (tertiary alicyclic amines) is 1. The molecule has 36 heavy (non-hydrogen) atoms. The summed E-state index contributed by atoms with van der Waals surface area (Å²) in [6.07, 6.45) is -3.56. The summed E-state index contributed by atoms with van der Waals surface area (Å²) in [5.74, 6) is -0.602. The molecule has 2 saturated heterocycles. The van der Waals surface area contributed by atoms with Gasteiger partial charge in [0.15, 0.2) is 0 Å². The predicted octanol–water partition coefficient (Wildman–Crippen LogP) is 4.38. The summed E-state index contributed by atoms with van der Waals surface area (Å²) in [4.78, 5) is 29.1. The molecule has 0 aromatic heterocycles. The molecule has 0 bridgehead atoms. The Labute approximate surface area is 207 Å². The Balaban J connectivity index is 1.52. The molecule has 1 unspecified atom stereocenters. The second-order valence-electron chi connectivity index (χ2n) is 9.53. The van der Waals surface area contributed by atoms with Crippen molar-refractivity contribution in [1.82, 2.24) is 10.2 Å². The van der Waals surface area contributed by atoms with Gasteiger partial charge in [0, 0.05) is 50.0 Å². The van der Waals surface area contributed by atoms with Crippen LogP contribution < -0.4 is 15.5 Å². The van der Waals surface area contributed by atoms with Gasteiger partial charge in [0.1, 0.15) is 0 Å². The van der Waals surface area contributed by atoms with Gasteiger partial charge in [-0.05, 0) is 50.1 Å². The molecule has 3 amide bonds. The highest BCUT2D eigenvalue weighted by Gasteiger charge is 2.51. The average Bonchev–Trinajstić information content (AvgIpc) is 3.23. The number of nitrogens with one attached hydrogen (secondary N) is 2. The number of carbonyl (C=O) groups excluding carboxylic acids is 2. The van der Waals surface area contributed by atoms with Gasteiger partial charge in [0.25, 0.3) is 0 Å². The highest BCUT2D eigenvalue weighted by molar-refractivity contribution is 5.89. The van der Waals surface area contributed by atoms with Crippen LogP contribution in [0.15, 0.2) is 42.5 Å². The van der Waals surface area contributed by atoms with Crippen LogP contribution in [0.3, 0.4) is 0 Å². The van der Waals surface area contributed by atoms with E-state index in [4.69, 9.17) is 5.26 Å². The number of hydrogen-bond donors (Lipinski definition) is 2. The van der Waals surface area contributed by atoms with Crippen molar-refractivity contribution in [3.05, 3.63) is 59.2 Å². The minimum atomic E-state index is -4.66. The van der Waals surface area contributed by atoms with Crippen LogP contribution in [0.5, 0.6) is 0 Å². The molecule has 0 radical (unpaired) electrons. The fraction of sp³-hybridized carbons (Fsp3) is 0.423. The lowest BCUT2D eigenvalue weighted by molar-refractivity contribution is -0.137. The van der Waals surface area contributed by atoms with E-state index in [0.29, 0.717) is 43.9 Å². The summed E-state index contributed by atoms with van der Waals surface area (Å²) in [7, 11) is 1.55. The molecule has 2 aromatic carbocycles. The van der Waals surface area contributed by atoms with Crippen molar-refractivity contribution in [2.24, 2.45) is 11.3 Å². The van der Waals surface area contributed by atoms with Gasteiger partial charge in [0.05, 0.1) is 23.1 Å². The standard InChI is InChI=1S/C26H28F3N5O2/c1-17-3-6-19(7-4-17)32-24(36)33-11-9-25(10-12-33)16-34(15-22(25)23(35)31-2)20-8-5-18(14-30)21(13-20)26(27,28)29/h3-8,13,22H,9-12,15-16H2,1-2H3,(H,31,35)(H,32,36). The zero-order valence-electron chi connectivity index (χ0n) is 20.2. The predicted molar refractivity (Wildman–Crippen MR) is 129 cm³/mol. The molecule has 2 N–H and O–H groups in total. The Morgan fingerprint density at radius 1 is 1.11 bits per heavy atom. The Bertz CT molecular complexity index is 1180. The maximum absolute atomic E-state index is 13.5. The summed E-state index contributed by atoms with van der Waals surface area (Å²) in [6, 6.07) is 12.5. The van der Waals surface area contributed by atoms with Crippen LogP contribution in [0.2, 0.25) is 0 Å². The highest BCUT2D eigenvalue weighted by Crippen LogP contribution is 2.47. The molecule has 10 heteroatoms. The maximum Gasteiger partial charge on any atom is 0.417 e. The molecule has 0 aliphatic carbocycles. The topological polar surface area (TPSA) is 88.5 Å². The summed E-state index contributed by atoms with van der Waals surface area (Å²) in [5, 5.41) is 14.7. The van der Waals surface area contributed by atoms with Crippen LogP contribution in [0.25, 0.3) is 0 Å². The second kappa shape index (κ2) is 9.72. The van der Waals surface area contributed by atoms with Crippen molar-refractivity contribution in [3.8, 4) is 6.07 Å². The molecule has 2 aromatic rings. The van der Waals surface area contributed by atoms with E-state index < -0.39 is 28.6 Å². The lowest BCUT2D eigenvalue weighted by atomic mass is 9.70. The number of nitrogens with zero attached hydrogens (tertiary/aromatic N) is 3. The number of carbonyl (C=O) groups is 2. The van der Waals surface area contributed by atoms with Crippen LogP contribution >= 0.6 is 0 Å². The van der Waals surface area contributed by atoms with Crippen molar-refractivity contribution in [2.75, 3.05) is 43.4 Å². The molecule has 2 aliphatic heterocycles. The number of nitriles is 1. The summed E-state index contributed by atoms with van der Waals surface area (Å²) in [5.41, 5.74) is 0.212. The fourth-order valence-corrected chi connectivity index (χ4v) is 5.26. The van der Waals surface area contributed by atoms with Gasteiger partial charge in [-0.3, -0.25) is 4.79 Å². The van der Waals surface area contributed by atoms with E-state index in [1.165, 1.54) is 12.1 Å². The van der Waals surface area contributed by atoms with Gasteiger partial charge in [-0.15, -0.1) is 0 Å². The number of benzene rings is 2. The van der Waals surface area contributed by atoms with E-state index in [9.17, 15) is 22.8 Å². The zero-order chi connectivity index (χ0) is 26.1. The molecule has 1 spiro atoms. The molecule has 4 rings (SSSR count). The van der Waals surface area contributed by atoms with E-state index in [0.717, 1.165) is 11.6 Å². The first-order valence-corrected chi connectivity index (χ1v) is 11.8. The molecular weight excluding hydrogens is 471 g/mol. The van der Waals surface area contributed by atoms with E-state index in [1.807, 2.05) is 31.2 Å². The number of hydrogen-bond acceptors (Lipinski definition) is 4. The summed E-state index contributed by atoms with van der Waals surface area (Å²) in [6.45, 7) is 3.48. The minimum absolute atomic E-state index is 0.167. The van der Waals surface area contributed by atoms with E-state index in [2.05, 4.69) is 10.6 Å². The minimum Gasteiger partial charge on any atom is -0.370 e. The van der Waals surface area contributed by atoms with Crippen LogP contribution in [0.1, 0.15) is 29.5 Å². The molecule has 1 atom stereocenters. The third-order valence-corrected chi connectivity index (χ3v) is 7.35. The third kappa shape index (κ3) is 4.96. The first kappa shape index (κ1) is 25.4. The lowest BCUT2D eigenvalue weighted by Crippen LogP contribution is -2.50. The largest absolute Gasteiger partial charge is 0.417 e. The Hall–Kier alpha value is -3.74. The molecule has 190 valence electrons. The van der Waals surface area contributed by atoms with E-state index >= 15 is 0 Å². The van der Waals surface area contributed by atoms with Gasteiger partial charge >= 0.3 is 12.2 Å². The smallest absolute Gasteiger partial charge is 0.370 e.